The van der Waals surface area contributed by atoms with Gasteiger partial charge in [0, 0.05) is 4.88 Å². The van der Waals surface area contributed by atoms with Crippen LogP contribution in [0.4, 0.5) is 5.13 Å². The van der Waals surface area contributed by atoms with Crippen LogP contribution in [0.5, 0.6) is 0 Å². The highest BCUT2D eigenvalue weighted by Gasteiger charge is 2.13. The van der Waals surface area contributed by atoms with Crippen molar-refractivity contribution in [3.05, 3.63) is 26.4 Å². The van der Waals surface area contributed by atoms with Gasteiger partial charge < -0.3 is 0 Å². The highest BCUT2D eigenvalue weighted by Crippen LogP contribution is 2.24. The van der Waals surface area contributed by atoms with Gasteiger partial charge in [-0.2, -0.15) is 0 Å². The van der Waals surface area contributed by atoms with Gasteiger partial charge in [-0.05, 0) is 31.9 Å². The van der Waals surface area contributed by atoms with Gasteiger partial charge in [-0.3, -0.25) is 10.1 Å². The molecule has 0 unspecified atom stereocenters. The Kier molecular flexibility index (Phi) is 4.08. The Hall–Kier alpha value is -1.27. The van der Waals surface area contributed by atoms with Crippen LogP contribution in [0.3, 0.4) is 0 Å². The predicted molar refractivity (Wildman–Crippen MR) is 75.7 cm³/mol. The number of carbonyl (C=O) groups is 1. The van der Waals surface area contributed by atoms with E-state index in [1.54, 1.807) is 0 Å². The molecule has 4 nitrogen and oxygen atoms in total. The molecule has 0 saturated carbocycles. The predicted octanol–water partition coefficient (Wildman–Crippen LogP) is 3.42. The zero-order valence-electron chi connectivity index (χ0n) is 10.6. The molecule has 0 atom stereocenters. The first-order chi connectivity index (χ1) is 8.60. The van der Waals surface area contributed by atoms with Gasteiger partial charge in [0.25, 0.3) is 5.91 Å². The number of nitrogens with zero attached hydrogens (tertiary/aromatic N) is 2. The second-order valence-corrected chi connectivity index (χ2v) is 6.46. The van der Waals surface area contributed by atoms with Gasteiger partial charge in [0.05, 0.1) is 4.88 Å². The number of amides is 1. The zero-order chi connectivity index (χ0) is 13.1. The molecule has 1 amide bonds. The largest absolute Gasteiger partial charge is 0.296 e. The summed E-state index contributed by atoms with van der Waals surface area (Å²) in [5.41, 5.74) is 1.26. The molecule has 0 radical (unpaired) electrons. The lowest BCUT2D eigenvalue weighted by Crippen LogP contribution is -2.09. The third kappa shape index (κ3) is 2.94. The first-order valence-electron chi connectivity index (χ1n) is 5.81. The van der Waals surface area contributed by atoms with E-state index in [2.05, 4.69) is 29.4 Å². The second-order valence-electron chi connectivity index (χ2n) is 4.02. The lowest BCUT2D eigenvalue weighted by molar-refractivity contribution is 0.103. The van der Waals surface area contributed by atoms with Crippen molar-refractivity contribution in [1.82, 2.24) is 10.2 Å². The van der Waals surface area contributed by atoms with Crippen molar-refractivity contribution in [2.75, 3.05) is 5.32 Å². The molecule has 2 aromatic heterocycles. The summed E-state index contributed by atoms with van der Waals surface area (Å²) in [5, 5.41) is 11.9. The Morgan fingerprint density at radius 2 is 2.11 bits per heavy atom. The average molecular weight is 281 g/mol. The van der Waals surface area contributed by atoms with Crippen molar-refractivity contribution in [1.29, 1.82) is 0 Å². The number of carbonyl (C=O) groups excluding carboxylic acids is 1. The molecule has 1 N–H and O–H groups in total. The van der Waals surface area contributed by atoms with Gasteiger partial charge in [0.15, 0.2) is 0 Å². The van der Waals surface area contributed by atoms with E-state index in [1.807, 2.05) is 13.0 Å². The molecule has 2 heterocycles. The molecule has 0 aliphatic rings. The van der Waals surface area contributed by atoms with Crippen LogP contribution in [0.15, 0.2) is 6.07 Å². The van der Waals surface area contributed by atoms with Crippen LogP contribution in [0.25, 0.3) is 0 Å². The lowest BCUT2D eigenvalue weighted by atomic mass is 10.1. The normalized spacial score (nSPS) is 10.6. The van der Waals surface area contributed by atoms with E-state index in [-0.39, 0.29) is 5.91 Å². The Bertz CT molecular complexity index is 559. The monoisotopic (exact) mass is 281 g/mol. The molecular formula is C12H15N3OS2. The average Bonchev–Trinajstić information content (AvgIpc) is 2.87. The maximum atomic E-state index is 12.0. The lowest BCUT2D eigenvalue weighted by Gasteiger charge is -1.96. The minimum atomic E-state index is -0.0957. The van der Waals surface area contributed by atoms with Crippen LogP contribution in [-0.4, -0.2) is 16.1 Å². The molecule has 2 aromatic rings. The summed E-state index contributed by atoms with van der Waals surface area (Å²) < 4.78 is 0. The molecule has 0 spiro atoms. The van der Waals surface area contributed by atoms with Gasteiger partial charge in [-0.15, -0.1) is 21.5 Å². The fraction of sp³-hybridized carbons (Fsp3) is 0.417. The quantitative estimate of drug-likeness (QED) is 0.934. The molecule has 0 aliphatic carbocycles. The molecule has 6 heteroatoms. The maximum absolute atomic E-state index is 12.0. The summed E-state index contributed by atoms with van der Waals surface area (Å²) in [6.45, 7) is 6.06. The number of aryl methyl sites for hydroxylation is 3. The molecule has 2 rings (SSSR count). The van der Waals surface area contributed by atoms with Crippen molar-refractivity contribution in [2.45, 2.75) is 33.6 Å². The van der Waals surface area contributed by atoms with E-state index in [0.717, 1.165) is 22.7 Å². The molecule has 18 heavy (non-hydrogen) atoms. The number of nitrogens with one attached hydrogen (secondary N) is 1. The second kappa shape index (κ2) is 5.58. The zero-order valence-corrected chi connectivity index (χ0v) is 12.2. The fourth-order valence-electron chi connectivity index (χ4n) is 1.66. The molecule has 96 valence electrons. The number of aromatic nitrogens is 2. The van der Waals surface area contributed by atoms with E-state index >= 15 is 0 Å². The molecular weight excluding hydrogens is 266 g/mol. The minimum Gasteiger partial charge on any atom is -0.296 e. The molecule has 0 aromatic carbocycles. The third-order valence-corrected chi connectivity index (χ3v) is 4.36. The van der Waals surface area contributed by atoms with E-state index in [0.29, 0.717) is 5.13 Å². The molecule has 0 aliphatic heterocycles. The number of thiophene rings is 1. The summed E-state index contributed by atoms with van der Waals surface area (Å²) in [7, 11) is 0. The van der Waals surface area contributed by atoms with Crippen molar-refractivity contribution in [2.24, 2.45) is 0 Å². The summed E-state index contributed by atoms with van der Waals surface area (Å²) in [5.74, 6) is -0.0957. The Morgan fingerprint density at radius 1 is 1.33 bits per heavy atom. The first kappa shape index (κ1) is 13.2. The van der Waals surface area contributed by atoms with Crippen LogP contribution in [0, 0.1) is 13.8 Å². The highest BCUT2D eigenvalue weighted by molar-refractivity contribution is 7.16. The number of hydrogen-bond acceptors (Lipinski definition) is 5. The van der Waals surface area contributed by atoms with Crippen molar-refractivity contribution in [3.63, 3.8) is 0 Å². The van der Waals surface area contributed by atoms with E-state index in [9.17, 15) is 4.79 Å². The number of anilines is 1. The summed E-state index contributed by atoms with van der Waals surface area (Å²) in [6, 6.07) is 1.98. The first-order valence-corrected chi connectivity index (χ1v) is 7.44. The van der Waals surface area contributed by atoms with E-state index < -0.39 is 0 Å². The molecule has 0 bridgehead atoms. The standard InChI is InChI=1S/C12H15N3OS2/c1-4-5-9-6-10(17-7(9)2)11(16)13-12-15-14-8(3)18-12/h6H,4-5H2,1-3H3,(H,13,15,16). The fourth-order valence-corrected chi connectivity index (χ4v) is 3.21. The van der Waals surface area contributed by atoms with Gasteiger partial charge >= 0.3 is 0 Å². The maximum Gasteiger partial charge on any atom is 0.267 e. The number of hydrogen-bond donors (Lipinski definition) is 1. The van der Waals surface area contributed by atoms with Crippen LogP contribution >= 0.6 is 22.7 Å². The summed E-state index contributed by atoms with van der Waals surface area (Å²) in [4.78, 5) is 14.0. The van der Waals surface area contributed by atoms with Crippen molar-refractivity contribution >= 4 is 33.7 Å². The molecule has 0 saturated heterocycles. The van der Waals surface area contributed by atoms with Crippen LogP contribution in [-0.2, 0) is 6.42 Å². The van der Waals surface area contributed by atoms with Gasteiger partial charge in [0.1, 0.15) is 5.01 Å². The van der Waals surface area contributed by atoms with Gasteiger partial charge in [0.2, 0.25) is 5.13 Å². The SMILES string of the molecule is CCCc1cc(C(=O)Nc2nnc(C)s2)sc1C. The van der Waals surface area contributed by atoms with Crippen molar-refractivity contribution < 1.29 is 4.79 Å². The van der Waals surface area contributed by atoms with Gasteiger partial charge in [-0.1, -0.05) is 24.7 Å². The third-order valence-electron chi connectivity index (χ3n) is 2.51. The Labute approximate surface area is 114 Å². The number of rotatable bonds is 4. The summed E-state index contributed by atoms with van der Waals surface area (Å²) >= 11 is 2.92. The van der Waals surface area contributed by atoms with E-state index in [1.165, 1.54) is 33.1 Å². The Morgan fingerprint density at radius 3 is 2.72 bits per heavy atom. The topological polar surface area (TPSA) is 54.9 Å². The smallest absolute Gasteiger partial charge is 0.267 e. The van der Waals surface area contributed by atoms with E-state index in [4.69, 9.17) is 0 Å². The summed E-state index contributed by atoms with van der Waals surface area (Å²) in [6.07, 6.45) is 2.11. The molecule has 0 fully saturated rings. The van der Waals surface area contributed by atoms with Crippen LogP contribution in [0.2, 0.25) is 0 Å². The minimum absolute atomic E-state index is 0.0957. The van der Waals surface area contributed by atoms with Crippen LogP contribution < -0.4 is 5.32 Å². The Balaban J connectivity index is 2.11. The highest BCUT2D eigenvalue weighted by atomic mass is 32.1. The van der Waals surface area contributed by atoms with Gasteiger partial charge in [-0.25, -0.2) is 0 Å². The van der Waals surface area contributed by atoms with Crippen molar-refractivity contribution in [3.8, 4) is 0 Å². The van der Waals surface area contributed by atoms with Crippen LogP contribution in [0.1, 0.15) is 38.5 Å².